The van der Waals surface area contributed by atoms with E-state index in [2.05, 4.69) is 5.32 Å². The van der Waals surface area contributed by atoms with Crippen LogP contribution >= 0.6 is 22.9 Å². The molecule has 5 rings (SSSR count). The minimum Gasteiger partial charge on any atom is -0.497 e. The Morgan fingerprint density at radius 3 is 2.53 bits per heavy atom. The van der Waals surface area contributed by atoms with Crippen molar-refractivity contribution in [2.45, 2.75) is 6.92 Å². The molecule has 3 aromatic carbocycles. The van der Waals surface area contributed by atoms with Gasteiger partial charge in [0.2, 0.25) is 0 Å². The Morgan fingerprint density at radius 2 is 1.76 bits per heavy atom. The minimum absolute atomic E-state index is 0.209. The second-order valence-corrected chi connectivity index (χ2v) is 9.66. The average Bonchev–Trinajstić information content (AvgIpc) is 3.36. The van der Waals surface area contributed by atoms with Crippen LogP contribution in [0.3, 0.4) is 0 Å². The van der Waals surface area contributed by atoms with E-state index in [1.807, 2.05) is 66.0 Å². The number of carbonyl (C=O) groups is 2. The van der Waals surface area contributed by atoms with Crippen LogP contribution in [0.4, 0.5) is 5.00 Å². The molecule has 8 heteroatoms. The minimum atomic E-state index is -0.509. The normalized spacial score (nSPS) is 10.8. The highest BCUT2D eigenvalue weighted by atomic mass is 35.5. The first-order valence-corrected chi connectivity index (χ1v) is 13.1. The van der Waals surface area contributed by atoms with Gasteiger partial charge < -0.3 is 14.8 Å². The molecule has 190 valence electrons. The number of halogens is 1. The lowest BCUT2D eigenvalue weighted by Gasteiger charge is -2.12. The van der Waals surface area contributed by atoms with Gasteiger partial charge in [0.15, 0.2) is 0 Å². The number of carbonyl (C=O) groups excluding carboxylic acids is 2. The number of pyridine rings is 1. The molecule has 2 heterocycles. The Balaban J connectivity index is 1.58. The summed E-state index contributed by atoms with van der Waals surface area (Å²) < 4.78 is 10.7. The molecule has 0 atom stereocenters. The molecule has 0 aliphatic heterocycles. The van der Waals surface area contributed by atoms with Gasteiger partial charge in [-0.2, -0.15) is 0 Å². The fourth-order valence-corrected chi connectivity index (χ4v) is 5.24. The largest absolute Gasteiger partial charge is 0.497 e. The van der Waals surface area contributed by atoms with Crippen LogP contribution in [0.15, 0.2) is 84.2 Å². The van der Waals surface area contributed by atoms with Gasteiger partial charge in [0.25, 0.3) is 5.91 Å². The molecular formula is C30H23ClN2O4S. The number of para-hydroxylation sites is 1. The van der Waals surface area contributed by atoms with Crippen molar-refractivity contribution in [2.24, 2.45) is 0 Å². The zero-order valence-electron chi connectivity index (χ0n) is 20.7. The molecule has 1 amide bonds. The molecule has 1 N–H and O–H groups in total. The number of benzene rings is 3. The van der Waals surface area contributed by atoms with Crippen molar-refractivity contribution < 1.29 is 19.1 Å². The zero-order valence-corrected chi connectivity index (χ0v) is 22.2. The third-order valence-corrected chi connectivity index (χ3v) is 7.13. The Morgan fingerprint density at radius 1 is 0.974 bits per heavy atom. The number of hydrogen-bond acceptors (Lipinski definition) is 6. The SMILES string of the molecule is CCOC(=O)c1c(-c2ccc(Cl)cc2)csc1NC(=O)c1cc(-c2cccc(OC)c2)nc2ccccc12. The van der Waals surface area contributed by atoms with E-state index in [-0.39, 0.29) is 12.5 Å². The highest BCUT2D eigenvalue weighted by molar-refractivity contribution is 7.15. The molecule has 0 saturated carbocycles. The number of amides is 1. The summed E-state index contributed by atoms with van der Waals surface area (Å²) in [6, 6.07) is 23.9. The Hall–Kier alpha value is -4.20. The van der Waals surface area contributed by atoms with Crippen LogP contribution in [0, 0.1) is 0 Å². The molecule has 0 aliphatic rings. The van der Waals surface area contributed by atoms with E-state index in [1.165, 1.54) is 11.3 Å². The number of rotatable bonds is 7. The molecule has 0 spiro atoms. The molecule has 38 heavy (non-hydrogen) atoms. The second kappa shape index (κ2) is 11.0. The summed E-state index contributed by atoms with van der Waals surface area (Å²) in [6.07, 6.45) is 0. The molecule has 5 aromatic rings. The number of fused-ring (bicyclic) bond motifs is 1. The Labute approximate surface area is 228 Å². The number of nitrogens with zero attached hydrogens (tertiary/aromatic N) is 1. The van der Waals surface area contributed by atoms with Gasteiger partial charge in [-0.15, -0.1) is 11.3 Å². The maximum atomic E-state index is 13.7. The molecule has 2 aromatic heterocycles. The fraction of sp³-hybridized carbons (Fsp3) is 0.100. The van der Waals surface area contributed by atoms with Gasteiger partial charge in [-0.3, -0.25) is 4.79 Å². The Bertz CT molecular complexity index is 1650. The van der Waals surface area contributed by atoms with Crippen molar-refractivity contribution >= 4 is 50.7 Å². The van der Waals surface area contributed by atoms with Crippen molar-refractivity contribution in [3.8, 4) is 28.1 Å². The lowest BCUT2D eigenvalue weighted by atomic mass is 10.0. The third kappa shape index (κ3) is 5.11. The summed E-state index contributed by atoms with van der Waals surface area (Å²) in [4.78, 5) is 31.5. The predicted octanol–water partition coefficient (Wildman–Crippen LogP) is 7.72. The van der Waals surface area contributed by atoms with Gasteiger partial charge in [-0.25, -0.2) is 9.78 Å². The van der Waals surface area contributed by atoms with Crippen LogP contribution in [-0.2, 0) is 4.74 Å². The Kier molecular flexibility index (Phi) is 7.40. The first-order chi connectivity index (χ1) is 18.5. The number of nitrogens with one attached hydrogen (secondary N) is 1. The number of ether oxygens (including phenoxy) is 2. The van der Waals surface area contributed by atoms with Crippen LogP contribution in [-0.4, -0.2) is 30.6 Å². The molecule has 0 aliphatic carbocycles. The van der Waals surface area contributed by atoms with Crippen molar-refractivity contribution in [3.63, 3.8) is 0 Å². The number of methoxy groups -OCH3 is 1. The van der Waals surface area contributed by atoms with Gasteiger partial charge in [0, 0.05) is 26.9 Å². The standard InChI is InChI=1S/C30H23ClN2O4S/c1-3-37-30(35)27-24(18-11-13-20(31)14-12-18)17-38-29(27)33-28(34)23-16-26(19-7-6-8-21(15-19)36-2)32-25-10-5-4-9-22(23)25/h4-17H,3H2,1-2H3,(H,33,34). The summed E-state index contributed by atoms with van der Waals surface area (Å²) >= 11 is 7.32. The molecule has 0 radical (unpaired) electrons. The van der Waals surface area contributed by atoms with E-state index >= 15 is 0 Å². The van der Waals surface area contributed by atoms with Gasteiger partial charge in [-0.1, -0.05) is 54.1 Å². The molecule has 0 unspecified atom stereocenters. The lowest BCUT2D eigenvalue weighted by Crippen LogP contribution is -2.15. The average molecular weight is 543 g/mol. The molecule has 6 nitrogen and oxygen atoms in total. The zero-order chi connectivity index (χ0) is 26.6. The first-order valence-electron chi connectivity index (χ1n) is 11.9. The van der Waals surface area contributed by atoms with E-state index in [0.29, 0.717) is 49.1 Å². The van der Waals surface area contributed by atoms with E-state index in [9.17, 15) is 9.59 Å². The number of esters is 1. The summed E-state index contributed by atoms with van der Waals surface area (Å²) in [5.41, 5.74) is 4.32. The summed E-state index contributed by atoms with van der Waals surface area (Å²) in [7, 11) is 1.60. The van der Waals surface area contributed by atoms with E-state index in [0.717, 1.165) is 11.1 Å². The van der Waals surface area contributed by atoms with Crippen LogP contribution in [0.1, 0.15) is 27.6 Å². The van der Waals surface area contributed by atoms with Gasteiger partial charge in [0.05, 0.1) is 30.5 Å². The highest BCUT2D eigenvalue weighted by Crippen LogP contribution is 2.37. The van der Waals surface area contributed by atoms with Crippen molar-refractivity contribution in [1.29, 1.82) is 0 Å². The van der Waals surface area contributed by atoms with E-state index in [1.54, 1.807) is 32.2 Å². The van der Waals surface area contributed by atoms with Crippen LogP contribution in [0.25, 0.3) is 33.3 Å². The lowest BCUT2D eigenvalue weighted by molar-refractivity contribution is 0.0529. The van der Waals surface area contributed by atoms with Gasteiger partial charge >= 0.3 is 5.97 Å². The van der Waals surface area contributed by atoms with E-state index < -0.39 is 5.97 Å². The quantitative estimate of drug-likeness (QED) is 0.213. The topological polar surface area (TPSA) is 77.5 Å². The van der Waals surface area contributed by atoms with Gasteiger partial charge in [-0.05, 0) is 48.9 Å². The molecule has 0 fully saturated rings. The fourth-order valence-electron chi connectivity index (χ4n) is 4.16. The monoisotopic (exact) mass is 542 g/mol. The molecule has 0 saturated heterocycles. The third-order valence-electron chi connectivity index (χ3n) is 5.98. The summed E-state index contributed by atoms with van der Waals surface area (Å²) in [5.74, 6) is -0.177. The van der Waals surface area contributed by atoms with Crippen molar-refractivity contribution in [2.75, 3.05) is 19.0 Å². The predicted molar refractivity (Wildman–Crippen MR) is 152 cm³/mol. The summed E-state index contributed by atoms with van der Waals surface area (Å²) in [5, 5.41) is 6.48. The number of hydrogen-bond donors (Lipinski definition) is 1. The number of aromatic nitrogens is 1. The van der Waals surface area contributed by atoms with Crippen molar-refractivity contribution in [3.05, 3.63) is 100 Å². The number of anilines is 1. The molecular weight excluding hydrogens is 520 g/mol. The van der Waals surface area contributed by atoms with Crippen LogP contribution in [0.2, 0.25) is 5.02 Å². The maximum absolute atomic E-state index is 13.7. The molecule has 0 bridgehead atoms. The van der Waals surface area contributed by atoms with Crippen molar-refractivity contribution in [1.82, 2.24) is 4.98 Å². The van der Waals surface area contributed by atoms with Crippen LogP contribution < -0.4 is 10.1 Å². The van der Waals surface area contributed by atoms with E-state index in [4.69, 9.17) is 26.1 Å². The number of thiophene rings is 1. The summed E-state index contributed by atoms with van der Waals surface area (Å²) in [6.45, 7) is 1.95. The first kappa shape index (κ1) is 25.4. The highest BCUT2D eigenvalue weighted by Gasteiger charge is 2.24. The van der Waals surface area contributed by atoms with Crippen LogP contribution in [0.5, 0.6) is 5.75 Å². The second-order valence-electron chi connectivity index (χ2n) is 8.34. The smallest absolute Gasteiger partial charge is 0.341 e. The maximum Gasteiger partial charge on any atom is 0.341 e. The van der Waals surface area contributed by atoms with Gasteiger partial charge in [0.1, 0.15) is 16.3 Å².